The zero-order valence-corrected chi connectivity index (χ0v) is 10.6. The van der Waals surface area contributed by atoms with E-state index >= 15 is 0 Å². The first-order valence-corrected chi connectivity index (χ1v) is 5.65. The molecule has 1 aromatic rings. The van der Waals surface area contributed by atoms with Crippen LogP contribution in [0.2, 0.25) is 0 Å². The van der Waals surface area contributed by atoms with E-state index in [1.54, 1.807) is 12.4 Å². The highest BCUT2D eigenvalue weighted by Gasteiger charge is 2.23. The highest BCUT2D eigenvalue weighted by atomic mass is 16.3. The van der Waals surface area contributed by atoms with Crippen LogP contribution in [0.4, 0.5) is 0 Å². The number of nitrogens with zero attached hydrogens (tertiary/aromatic N) is 1. The van der Waals surface area contributed by atoms with Crippen LogP contribution in [0.1, 0.15) is 33.3 Å². The number of β-amino-alcohol motifs (C(OH)–C–C–N with tert-alkyl or cyclic N) is 1. The number of rotatable bonds is 4. The van der Waals surface area contributed by atoms with Gasteiger partial charge in [0.15, 0.2) is 0 Å². The Morgan fingerprint density at radius 3 is 2.50 bits per heavy atom. The summed E-state index contributed by atoms with van der Waals surface area (Å²) in [6.07, 6.45) is 4.15. The van der Waals surface area contributed by atoms with Crippen molar-refractivity contribution in [3.05, 3.63) is 30.1 Å². The van der Waals surface area contributed by atoms with Crippen molar-refractivity contribution in [3.63, 3.8) is 0 Å². The molecule has 1 heterocycles. The predicted octanol–water partition coefficient (Wildman–Crippen LogP) is 1.76. The highest BCUT2D eigenvalue weighted by molar-refractivity contribution is 5.11. The Morgan fingerprint density at radius 1 is 1.31 bits per heavy atom. The maximum absolute atomic E-state index is 10.2. The highest BCUT2D eigenvalue weighted by Crippen LogP contribution is 2.12. The number of aromatic nitrogens is 1. The molecule has 3 nitrogen and oxygen atoms in total. The summed E-state index contributed by atoms with van der Waals surface area (Å²) < 4.78 is 0. The van der Waals surface area contributed by atoms with Crippen molar-refractivity contribution in [2.45, 2.75) is 45.3 Å². The summed E-state index contributed by atoms with van der Waals surface area (Å²) >= 11 is 0. The lowest BCUT2D eigenvalue weighted by atomic mass is 9.96. The van der Waals surface area contributed by atoms with Crippen molar-refractivity contribution < 1.29 is 5.11 Å². The molecule has 1 rings (SSSR count). The summed E-state index contributed by atoms with van der Waals surface area (Å²) in [4.78, 5) is 4.05. The lowest BCUT2D eigenvalue weighted by molar-refractivity contribution is 0.0534. The van der Waals surface area contributed by atoms with Crippen LogP contribution in [-0.4, -0.2) is 27.8 Å². The minimum Gasteiger partial charge on any atom is -0.389 e. The van der Waals surface area contributed by atoms with Crippen LogP contribution in [0, 0.1) is 0 Å². The topological polar surface area (TPSA) is 45.1 Å². The van der Waals surface area contributed by atoms with Crippen LogP contribution >= 0.6 is 0 Å². The van der Waals surface area contributed by atoms with Gasteiger partial charge in [-0.05, 0) is 39.3 Å². The molecule has 0 spiro atoms. The monoisotopic (exact) mass is 222 g/mol. The third-order valence-corrected chi connectivity index (χ3v) is 2.31. The van der Waals surface area contributed by atoms with Gasteiger partial charge in [-0.3, -0.25) is 4.98 Å². The average Bonchev–Trinajstić information content (AvgIpc) is 2.15. The molecule has 1 unspecified atom stereocenters. The molecule has 0 aliphatic rings. The standard InChI is InChI=1S/C13H22N2O/c1-12(2,3)15-10-13(4,16)8-11-6-5-7-14-9-11/h5-7,9,15-16H,8,10H2,1-4H3. The van der Waals surface area contributed by atoms with Crippen molar-refractivity contribution in [3.8, 4) is 0 Å². The lowest BCUT2D eigenvalue weighted by Gasteiger charge is -2.29. The first-order valence-electron chi connectivity index (χ1n) is 5.65. The van der Waals surface area contributed by atoms with Crippen molar-refractivity contribution in [2.75, 3.05) is 6.54 Å². The smallest absolute Gasteiger partial charge is 0.0784 e. The van der Waals surface area contributed by atoms with Crippen molar-refractivity contribution in [1.29, 1.82) is 0 Å². The summed E-state index contributed by atoms with van der Waals surface area (Å²) in [5, 5.41) is 13.6. The first kappa shape index (κ1) is 13.1. The van der Waals surface area contributed by atoms with Crippen LogP contribution in [-0.2, 0) is 6.42 Å². The molecule has 0 saturated heterocycles. The normalized spacial score (nSPS) is 15.8. The first-order chi connectivity index (χ1) is 7.29. The maximum Gasteiger partial charge on any atom is 0.0784 e. The van der Waals surface area contributed by atoms with Gasteiger partial charge in [0, 0.05) is 30.9 Å². The van der Waals surface area contributed by atoms with Crippen molar-refractivity contribution in [1.82, 2.24) is 10.3 Å². The van der Waals surface area contributed by atoms with Crippen LogP contribution < -0.4 is 5.32 Å². The number of hydrogen-bond donors (Lipinski definition) is 2. The summed E-state index contributed by atoms with van der Waals surface area (Å²) in [6, 6.07) is 3.88. The molecule has 0 saturated carbocycles. The zero-order valence-electron chi connectivity index (χ0n) is 10.6. The van der Waals surface area contributed by atoms with E-state index in [1.807, 2.05) is 19.1 Å². The SMILES string of the molecule is CC(O)(CNC(C)(C)C)Cc1cccnc1. The van der Waals surface area contributed by atoms with Crippen molar-refractivity contribution in [2.24, 2.45) is 0 Å². The second-order valence-electron chi connectivity index (χ2n) is 5.64. The van der Waals surface area contributed by atoms with E-state index in [-0.39, 0.29) is 5.54 Å². The lowest BCUT2D eigenvalue weighted by Crippen LogP contribution is -2.47. The number of nitrogens with one attached hydrogen (secondary N) is 1. The van der Waals surface area contributed by atoms with Gasteiger partial charge in [0.25, 0.3) is 0 Å². The second kappa shape index (κ2) is 4.93. The third kappa shape index (κ3) is 5.24. The predicted molar refractivity (Wildman–Crippen MR) is 66.3 cm³/mol. The molecule has 0 aliphatic carbocycles. The Kier molecular flexibility index (Phi) is 4.05. The summed E-state index contributed by atoms with van der Waals surface area (Å²) in [5.74, 6) is 0. The van der Waals surface area contributed by atoms with Crippen molar-refractivity contribution >= 4 is 0 Å². The Morgan fingerprint density at radius 2 is 2.00 bits per heavy atom. The fourth-order valence-electron chi connectivity index (χ4n) is 1.46. The van der Waals surface area contributed by atoms with Crippen LogP contribution in [0.3, 0.4) is 0 Å². The van der Waals surface area contributed by atoms with Gasteiger partial charge in [-0.25, -0.2) is 0 Å². The molecule has 0 aliphatic heterocycles. The van der Waals surface area contributed by atoms with E-state index in [0.29, 0.717) is 13.0 Å². The molecule has 16 heavy (non-hydrogen) atoms. The van der Waals surface area contributed by atoms with Gasteiger partial charge in [-0.15, -0.1) is 0 Å². The van der Waals surface area contributed by atoms with E-state index in [9.17, 15) is 5.11 Å². The van der Waals surface area contributed by atoms with Crippen LogP contribution in [0.15, 0.2) is 24.5 Å². The molecule has 0 radical (unpaired) electrons. The minimum atomic E-state index is -0.740. The molecule has 2 N–H and O–H groups in total. The Labute approximate surface area is 97.9 Å². The fraction of sp³-hybridized carbons (Fsp3) is 0.615. The summed E-state index contributed by atoms with van der Waals surface area (Å²) in [7, 11) is 0. The third-order valence-electron chi connectivity index (χ3n) is 2.31. The Bertz CT molecular complexity index is 314. The van der Waals surface area contributed by atoms with Gasteiger partial charge in [0.2, 0.25) is 0 Å². The molecule has 0 bridgehead atoms. The van der Waals surface area contributed by atoms with Gasteiger partial charge >= 0.3 is 0 Å². The van der Waals surface area contributed by atoms with Crippen LogP contribution in [0.25, 0.3) is 0 Å². The maximum atomic E-state index is 10.2. The largest absolute Gasteiger partial charge is 0.389 e. The molecular weight excluding hydrogens is 200 g/mol. The molecule has 3 heteroatoms. The molecule has 90 valence electrons. The quantitative estimate of drug-likeness (QED) is 0.816. The Balaban J connectivity index is 2.52. The molecule has 0 fully saturated rings. The molecule has 0 aromatic carbocycles. The van der Waals surface area contributed by atoms with E-state index in [4.69, 9.17) is 0 Å². The van der Waals surface area contributed by atoms with E-state index in [1.165, 1.54) is 0 Å². The van der Waals surface area contributed by atoms with Gasteiger partial charge in [-0.1, -0.05) is 6.07 Å². The average molecular weight is 222 g/mol. The van der Waals surface area contributed by atoms with Crippen LogP contribution in [0.5, 0.6) is 0 Å². The van der Waals surface area contributed by atoms with E-state index in [2.05, 4.69) is 31.1 Å². The number of pyridine rings is 1. The zero-order chi connectivity index (χ0) is 12.2. The van der Waals surface area contributed by atoms with E-state index < -0.39 is 5.60 Å². The fourth-order valence-corrected chi connectivity index (χ4v) is 1.46. The van der Waals surface area contributed by atoms with Gasteiger partial charge in [0.05, 0.1) is 5.60 Å². The Hall–Kier alpha value is -0.930. The molecule has 1 atom stereocenters. The van der Waals surface area contributed by atoms with Gasteiger partial charge in [0.1, 0.15) is 0 Å². The van der Waals surface area contributed by atoms with E-state index in [0.717, 1.165) is 5.56 Å². The second-order valence-corrected chi connectivity index (χ2v) is 5.64. The molecule has 0 amide bonds. The summed E-state index contributed by atoms with van der Waals surface area (Å²) in [5.41, 5.74) is 0.345. The minimum absolute atomic E-state index is 0.0267. The van der Waals surface area contributed by atoms with Gasteiger partial charge in [-0.2, -0.15) is 0 Å². The number of aliphatic hydroxyl groups is 1. The van der Waals surface area contributed by atoms with Gasteiger partial charge < -0.3 is 10.4 Å². The molecule has 1 aromatic heterocycles. The molecular formula is C13H22N2O. The summed E-state index contributed by atoms with van der Waals surface area (Å²) in [6.45, 7) is 8.69. The number of hydrogen-bond acceptors (Lipinski definition) is 3.